The quantitative estimate of drug-likeness (QED) is 0.0840. The van der Waals surface area contributed by atoms with E-state index in [4.69, 9.17) is 16.2 Å². The number of aliphatic imine (C=N–C) groups is 1. The number of nitrogens with two attached hydrogens (primary N) is 3. The van der Waals surface area contributed by atoms with Crippen molar-refractivity contribution in [1.82, 2.24) is 5.32 Å². The molecule has 1 aromatic carbocycles. The van der Waals surface area contributed by atoms with Crippen LogP contribution in [0.5, 0.6) is 5.75 Å². The average Bonchev–Trinajstić information content (AvgIpc) is 3.24. The number of rotatable bonds is 8. The maximum absolute atomic E-state index is 13.8. The van der Waals surface area contributed by atoms with Gasteiger partial charge in [-0.3, -0.25) is 9.79 Å². The maximum Gasteiger partial charge on any atom is 0.353 e. The first kappa shape index (κ1) is 30.7. The van der Waals surface area contributed by atoms with E-state index in [2.05, 4.69) is 28.0 Å². The van der Waals surface area contributed by atoms with Crippen LogP contribution in [0.4, 0.5) is 4.39 Å². The molecule has 188 valence electrons. The zero-order chi connectivity index (χ0) is 26.1. The highest BCUT2D eigenvalue weighted by Crippen LogP contribution is 2.28. The summed E-state index contributed by atoms with van der Waals surface area (Å²) in [4.78, 5) is 29.2. The SMILES string of the molecule is C=NN.CN=CN.Cc1ccc(OC(=O)c2ccc(CC(C)(C)C(=O)NCCCN)s2)c(F)c1. The zero-order valence-corrected chi connectivity index (χ0v) is 21.0. The molecule has 11 heteroatoms. The molecule has 0 atom stereocenters. The summed E-state index contributed by atoms with van der Waals surface area (Å²) < 4.78 is 19.0. The van der Waals surface area contributed by atoms with Crippen LogP contribution in [0.1, 0.15) is 40.4 Å². The number of carbonyl (C=O) groups is 2. The molecule has 0 unspecified atom stereocenters. The molecule has 1 aromatic heterocycles. The van der Waals surface area contributed by atoms with Gasteiger partial charge in [0.1, 0.15) is 4.88 Å². The molecular weight excluding hydrogens is 459 g/mol. The summed E-state index contributed by atoms with van der Waals surface area (Å²) in [5.41, 5.74) is 10.3. The summed E-state index contributed by atoms with van der Waals surface area (Å²) in [6, 6.07) is 7.86. The number of halogens is 1. The van der Waals surface area contributed by atoms with Gasteiger partial charge in [0.15, 0.2) is 11.6 Å². The van der Waals surface area contributed by atoms with Crippen molar-refractivity contribution in [2.24, 2.45) is 32.8 Å². The van der Waals surface area contributed by atoms with Crippen molar-refractivity contribution in [3.05, 3.63) is 51.5 Å². The van der Waals surface area contributed by atoms with Gasteiger partial charge in [0, 0.05) is 30.6 Å². The standard InChI is InChI=1S/C20H25FN2O3S.C2H6N2.CH4N2/c1-13-5-7-16(15(21)11-13)26-18(24)17-8-6-14(27-17)12-20(2,3)19(25)23-10-4-9-22;1-4-2-3;1-3-2/h5-8,11H,4,9-10,12,22H2,1-3H3,(H,23,25);2H,1H3,(H2,3,4);1-2H2. The Labute approximate surface area is 204 Å². The van der Waals surface area contributed by atoms with Gasteiger partial charge in [0.25, 0.3) is 0 Å². The number of hydrazone groups is 1. The highest BCUT2D eigenvalue weighted by atomic mass is 32.1. The minimum Gasteiger partial charge on any atom is -0.419 e. The summed E-state index contributed by atoms with van der Waals surface area (Å²) in [5, 5.41) is 5.62. The number of aryl methyl sites for hydroxylation is 1. The third-order valence-electron chi connectivity index (χ3n) is 4.20. The summed E-state index contributed by atoms with van der Waals surface area (Å²) in [5.74, 6) is 3.02. The van der Waals surface area contributed by atoms with Gasteiger partial charge in [0.05, 0.1) is 6.34 Å². The molecule has 0 aliphatic carbocycles. The van der Waals surface area contributed by atoms with Crippen molar-refractivity contribution in [3.8, 4) is 5.75 Å². The van der Waals surface area contributed by atoms with Gasteiger partial charge in [-0.1, -0.05) is 19.9 Å². The van der Waals surface area contributed by atoms with Crippen LogP contribution < -0.4 is 27.4 Å². The van der Waals surface area contributed by atoms with Crippen LogP contribution in [-0.4, -0.2) is 45.1 Å². The number of benzene rings is 1. The lowest BCUT2D eigenvalue weighted by atomic mass is 9.87. The first-order valence-corrected chi connectivity index (χ1v) is 11.2. The van der Waals surface area contributed by atoms with Crippen molar-refractivity contribution in [1.29, 1.82) is 0 Å². The van der Waals surface area contributed by atoms with Gasteiger partial charge in [-0.25, -0.2) is 9.18 Å². The van der Waals surface area contributed by atoms with Crippen LogP contribution in [0.3, 0.4) is 0 Å². The molecule has 0 bridgehead atoms. The molecule has 0 saturated carbocycles. The van der Waals surface area contributed by atoms with Crippen LogP contribution >= 0.6 is 11.3 Å². The lowest BCUT2D eigenvalue weighted by Gasteiger charge is -2.22. The smallest absolute Gasteiger partial charge is 0.353 e. The monoisotopic (exact) mass is 494 g/mol. The third-order valence-corrected chi connectivity index (χ3v) is 5.26. The van der Waals surface area contributed by atoms with Crippen LogP contribution in [0.2, 0.25) is 0 Å². The van der Waals surface area contributed by atoms with E-state index in [0.29, 0.717) is 24.4 Å². The maximum atomic E-state index is 13.8. The van der Waals surface area contributed by atoms with E-state index < -0.39 is 17.2 Å². The Balaban J connectivity index is 0.00000137. The Morgan fingerprint density at radius 3 is 2.44 bits per heavy atom. The molecule has 2 rings (SSSR count). The van der Waals surface area contributed by atoms with Crippen molar-refractivity contribution >= 4 is 36.3 Å². The highest BCUT2D eigenvalue weighted by Gasteiger charge is 2.28. The summed E-state index contributed by atoms with van der Waals surface area (Å²) in [6.07, 6.45) is 2.46. The van der Waals surface area contributed by atoms with E-state index in [1.54, 1.807) is 32.2 Å². The normalized spacial score (nSPS) is 10.4. The highest BCUT2D eigenvalue weighted by molar-refractivity contribution is 7.13. The van der Waals surface area contributed by atoms with Crippen LogP contribution in [0, 0.1) is 18.2 Å². The van der Waals surface area contributed by atoms with Gasteiger partial charge in [-0.05, 0) is 56.1 Å². The van der Waals surface area contributed by atoms with Crippen molar-refractivity contribution in [2.45, 2.75) is 33.6 Å². The minimum absolute atomic E-state index is 0.0600. The number of nitrogens with zero attached hydrogens (tertiary/aromatic N) is 2. The molecule has 0 aliphatic rings. The fraction of sp³-hybridized carbons (Fsp3) is 0.391. The average molecular weight is 495 g/mol. The summed E-state index contributed by atoms with van der Waals surface area (Å²) >= 11 is 1.24. The van der Waals surface area contributed by atoms with Crippen LogP contribution in [-0.2, 0) is 11.2 Å². The van der Waals surface area contributed by atoms with E-state index in [1.165, 1.54) is 29.8 Å². The number of ether oxygens (including phenoxy) is 1. The Kier molecular flexibility index (Phi) is 14.7. The fourth-order valence-corrected chi connectivity index (χ4v) is 3.59. The number of amides is 1. The van der Waals surface area contributed by atoms with Crippen LogP contribution in [0.25, 0.3) is 0 Å². The van der Waals surface area contributed by atoms with Gasteiger partial charge < -0.3 is 27.4 Å². The van der Waals surface area contributed by atoms with Gasteiger partial charge in [-0.2, -0.15) is 5.10 Å². The van der Waals surface area contributed by atoms with E-state index >= 15 is 0 Å². The molecule has 1 heterocycles. The second-order valence-electron chi connectivity index (χ2n) is 7.64. The minimum atomic E-state index is -0.621. The molecule has 1 amide bonds. The second-order valence-corrected chi connectivity index (χ2v) is 8.81. The third kappa shape index (κ3) is 11.5. The molecule has 0 radical (unpaired) electrons. The van der Waals surface area contributed by atoms with E-state index in [0.717, 1.165) is 16.9 Å². The number of thiophene rings is 1. The number of hydrogen-bond donors (Lipinski definition) is 4. The topological polar surface area (TPSA) is 158 Å². The molecule has 9 nitrogen and oxygen atoms in total. The molecule has 7 N–H and O–H groups in total. The van der Waals surface area contributed by atoms with Gasteiger partial charge in [-0.15, -0.1) is 11.3 Å². The Bertz CT molecular complexity index is 943. The first-order valence-electron chi connectivity index (χ1n) is 10.4. The van der Waals surface area contributed by atoms with E-state index in [1.807, 2.05) is 13.8 Å². The fourth-order valence-electron chi connectivity index (χ4n) is 2.48. The summed E-state index contributed by atoms with van der Waals surface area (Å²) in [7, 11) is 1.62. The van der Waals surface area contributed by atoms with E-state index in [-0.39, 0.29) is 11.7 Å². The van der Waals surface area contributed by atoms with Crippen molar-refractivity contribution in [2.75, 3.05) is 20.1 Å². The lowest BCUT2D eigenvalue weighted by molar-refractivity contribution is -0.129. The Morgan fingerprint density at radius 1 is 1.29 bits per heavy atom. The van der Waals surface area contributed by atoms with Gasteiger partial charge >= 0.3 is 5.97 Å². The Morgan fingerprint density at radius 2 is 1.91 bits per heavy atom. The molecule has 2 aromatic rings. The zero-order valence-electron chi connectivity index (χ0n) is 20.1. The first-order chi connectivity index (χ1) is 16.1. The van der Waals surface area contributed by atoms with Crippen molar-refractivity contribution in [3.63, 3.8) is 0 Å². The lowest BCUT2D eigenvalue weighted by Crippen LogP contribution is -2.39. The number of nitrogens with one attached hydrogen (secondary N) is 1. The molecule has 0 spiro atoms. The van der Waals surface area contributed by atoms with Crippen molar-refractivity contribution < 1.29 is 18.7 Å². The molecular formula is C23H35FN6O3S. The van der Waals surface area contributed by atoms with Gasteiger partial charge in [0.2, 0.25) is 5.91 Å². The number of esters is 1. The number of hydrogen-bond acceptors (Lipinski definition) is 8. The number of carbonyl (C=O) groups excluding carboxylic acids is 2. The largest absolute Gasteiger partial charge is 0.419 e. The Hall–Kier alpha value is -3.31. The second kappa shape index (κ2) is 16.3. The molecule has 0 saturated heterocycles. The van der Waals surface area contributed by atoms with Crippen LogP contribution in [0.15, 0.2) is 40.4 Å². The molecule has 0 fully saturated rings. The summed E-state index contributed by atoms with van der Waals surface area (Å²) in [6.45, 7) is 9.42. The van der Waals surface area contributed by atoms with E-state index in [9.17, 15) is 14.0 Å². The molecule has 34 heavy (non-hydrogen) atoms. The predicted molar refractivity (Wildman–Crippen MR) is 137 cm³/mol. The molecule has 0 aliphatic heterocycles. The predicted octanol–water partition coefficient (Wildman–Crippen LogP) is 2.61.